The number of hydrogen-bond acceptors (Lipinski definition) is 1. The quantitative estimate of drug-likeness (QED) is 0.752. The molecule has 0 N–H and O–H groups in total. The van der Waals surface area contributed by atoms with Crippen LogP contribution in [-0.4, -0.2) is 5.25 Å². The third kappa shape index (κ3) is 2.55. The molecule has 0 fully saturated rings. The highest BCUT2D eigenvalue weighted by atomic mass is 32.2. The summed E-state index contributed by atoms with van der Waals surface area (Å²) in [6.07, 6.45) is 3.76. The second kappa shape index (κ2) is 4.97. The van der Waals surface area contributed by atoms with Gasteiger partial charge in [0.1, 0.15) is 0 Å². The van der Waals surface area contributed by atoms with Crippen molar-refractivity contribution < 1.29 is 0 Å². The lowest BCUT2D eigenvalue weighted by Gasteiger charge is -2.24. The molecule has 0 aromatic heterocycles. The zero-order valence-electron chi connectivity index (χ0n) is 9.80. The first kappa shape index (κ1) is 10.9. The first-order chi connectivity index (χ1) is 8.42. The molecule has 0 bridgehead atoms. The van der Waals surface area contributed by atoms with E-state index >= 15 is 0 Å². The minimum atomic E-state index is 0.743. The maximum Gasteiger partial charge on any atom is 0.0138 e. The van der Waals surface area contributed by atoms with Crippen molar-refractivity contribution in [2.75, 3.05) is 0 Å². The summed E-state index contributed by atoms with van der Waals surface area (Å²) in [7, 11) is 0. The van der Waals surface area contributed by atoms with E-state index < -0.39 is 0 Å². The molecule has 86 valence electrons. The van der Waals surface area contributed by atoms with Crippen LogP contribution in [0.25, 0.3) is 0 Å². The molecule has 0 unspecified atom stereocenters. The summed E-state index contributed by atoms with van der Waals surface area (Å²) >= 11 is 2.03. The van der Waals surface area contributed by atoms with Crippen molar-refractivity contribution in [1.82, 2.24) is 0 Å². The Morgan fingerprint density at radius 1 is 0.824 bits per heavy atom. The van der Waals surface area contributed by atoms with E-state index in [9.17, 15) is 0 Å². The molecule has 1 atom stereocenters. The highest BCUT2D eigenvalue weighted by molar-refractivity contribution is 8.00. The van der Waals surface area contributed by atoms with E-state index in [1.165, 1.54) is 24.2 Å². The van der Waals surface area contributed by atoms with Crippen LogP contribution in [0, 0.1) is 0 Å². The number of aryl methyl sites for hydroxylation is 1. The van der Waals surface area contributed by atoms with Crippen LogP contribution in [0.15, 0.2) is 59.5 Å². The molecular formula is C16H16S. The van der Waals surface area contributed by atoms with Crippen LogP contribution in [0.2, 0.25) is 0 Å². The van der Waals surface area contributed by atoms with E-state index in [1.54, 1.807) is 11.1 Å². The fourth-order valence-corrected chi connectivity index (χ4v) is 3.65. The van der Waals surface area contributed by atoms with Crippen LogP contribution < -0.4 is 0 Å². The van der Waals surface area contributed by atoms with E-state index in [0.29, 0.717) is 0 Å². The summed E-state index contributed by atoms with van der Waals surface area (Å²) in [5.74, 6) is 0. The molecule has 0 heterocycles. The van der Waals surface area contributed by atoms with Gasteiger partial charge in [-0.05, 0) is 42.5 Å². The SMILES string of the molecule is c1ccc(S[C@H]2CCc3ccccc3C2)cc1. The first-order valence-electron chi connectivity index (χ1n) is 6.20. The summed E-state index contributed by atoms with van der Waals surface area (Å²) in [5, 5.41) is 0.743. The van der Waals surface area contributed by atoms with Crippen LogP contribution in [0.4, 0.5) is 0 Å². The van der Waals surface area contributed by atoms with Gasteiger partial charge in [0.2, 0.25) is 0 Å². The van der Waals surface area contributed by atoms with Gasteiger partial charge < -0.3 is 0 Å². The third-order valence-electron chi connectivity index (χ3n) is 3.35. The highest BCUT2D eigenvalue weighted by Gasteiger charge is 2.18. The number of rotatable bonds is 2. The Hall–Kier alpha value is -1.21. The zero-order chi connectivity index (χ0) is 11.5. The fraction of sp³-hybridized carbons (Fsp3) is 0.250. The lowest BCUT2D eigenvalue weighted by atomic mass is 9.92. The summed E-state index contributed by atoms with van der Waals surface area (Å²) in [6, 6.07) is 19.6. The largest absolute Gasteiger partial charge is 0.122 e. The Morgan fingerprint density at radius 2 is 1.53 bits per heavy atom. The summed E-state index contributed by atoms with van der Waals surface area (Å²) in [6.45, 7) is 0. The monoisotopic (exact) mass is 240 g/mol. The van der Waals surface area contributed by atoms with Gasteiger partial charge in [-0.15, -0.1) is 11.8 Å². The summed E-state index contributed by atoms with van der Waals surface area (Å²) < 4.78 is 0. The lowest BCUT2D eigenvalue weighted by Crippen LogP contribution is -2.15. The molecule has 0 spiro atoms. The standard InChI is InChI=1S/C16H16S/c1-2-8-15(9-3-1)17-16-11-10-13-6-4-5-7-14(13)12-16/h1-9,16H,10-12H2/t16-/m0/s1. The van der Waals surface area contributed by atoms with Crippen molar-refractivity contribution in [3.63, 3.8) is 0 Å². The molecule has 0 aliphatic heterocycles. The molecule has 1 heteroatoms. The third-order valence-corrected chi connectivity index (χ3v) is 4.63. The average molecular weight is 240 g/mol. The van der Waals surface area contributed by atoms with Crippen LogP contribution in [0.1, 0.15) is 17.5 Å². The predicted molar refractivity (Wildman–Crippen MR) is 74.6 cm³/mol. The average Bonchev–Trinajstić information content (AvgIpc) is 2.40. The zero-order valence-corrected chi connectivity index (χ0v) is 10.6. The topological polar surface area (TPSA) is 0 Å². The number of benzene rings is 2. The van der Waals surface area contributed by atoms with Gasteiger partial charge in [0.15, 0.2) is 0 Å². The van der Waals surface area contributed by atoms with Gasteiger partial charge in [-0.1, -0.05) is 42.5 Å². The number of hydrogen-bond donors (Lipinski definition) is 0. The summed E-state index contributed by atoms with van der Waals surface area (Å²) in [5.41, 5.74) is 3.10. The van der Waals surface area contributed by atoms with Crippen molar-refractivity contribution in [1.29, 1.82) is 0 Å². The molecule has 1 aliphatic carbocycles. The van der Waals surface area contributed by atoms with E-state index in [-0.39, 0.29) is 0 Å². The van der Waals surface area contributed by atoms with E-state index in [4.69, 9.17) is 0 Å². The van der Waals surface area contributed by atoms with E-state index in [2.05, 4.69) is 54.6 Å². The van der Waals surface area contributed by atoms with Gasteiger partial charge in [-0.3, -0.25) is 0 Å². The van der Waals surface area contributed by atoms with Gasteiger partial charge in [-0.2, -0.15) is 0 Å². The minimum absolute atomic E-state index is 0.743. The van der Waals surface area contributed by atoms with Crippen LogP contribution >= 0.6 is 11.8 Å². The number of fused-ring (bicyclic) bond motifs is 1. The van der Waals surface area contributed by atoms with Crippen molar-refractivity contribution in [2.24, 2.45) is 0 Å². The highest BCUT2D eigenvalue weighted by Crippen LogP contribution is 2.33. The molecule has 3 rings (SSSR count). The van der Waals surface area contributed by atoms with E-state index in [0.717, 1.165) is 5.25 Å². The molecule has 0 amide bonds. The van der Waals surface area contributed by atoms with E-state index in [1.807, 2.05) is 11.8 Å². The molecule has 1 aliphatic rings. The molecule has 2 aromatic rings. The summed E-state index contributed by atoms with van der Waals surface area (Å²) in [4.78, 5) is 1.40. The minimum Gasteiger partial charge on any atom is -0.122 e. The molecule has 0 saturated carbocycles. The second-order valence-corrected chi connectivity index (χ2v) is 5.94. The van der Waals surface area contributed by atoms with Gasteiger partial charge >= 0.3 is 0 Å². The smallest absolute Gasteiger partial charge is 0.0138 e. The molecule has 0 radical (unpaired) electrons. The molecule has 17 heavy (non-hydrogen) atoms. The van der Waals surface area contributed by atoms with Crippen molar-refractivity contribution >= 4 is 11.8 Å². The second-order valence-electron chi connectivity index (χ2n) is 4.56. The van der Waals surface area contributed by atoms with Crippen LogP contribution in [0.5, 0.6) is 0 Å². The van der Waals surface area contributed by atoms with Gasteiger partial charge in [0.25, 0.3) is 0 Å². The molecule has 0 saturated heterocycles. The Morgan fingerprint density at radius 3 is 2.35 bits per heavy atom. The maximum atomic E-state index is 2.28. The van der Waals surface area contributed by atoms with Crippen molar-refractivity contribution in [3.8, 4) is 0 Å². The van der Waals surface area contributed by atoms with Gasteiger partial charge in [0.05, 0.1) is 0 Å². The lowest BCUT2D eigenvalue weighted by molar-refractivity contribution is 0.702. The number of thioether (sulfide) groups is 1. The predicted octanol–water partition coefficient (Wildman–Crippen LogP) is 4.34. The Kier molecular flexibility index (Phi) is 3.19. The van der Waals surface area contributed by atoms with Crippen LogP contribution in [0.3, 0.4) is 0 Å². The Bertz CT molecular complexity index is 490. The maximum absolute atomic E-state index is 2.28. The molecule has 2 aromatic carbocycles. The molecule has 0 nitrogen and oxygen atoms in total. The molecular weight excluding hydrogens is 224 g/mol. The fourth-order valence-electron chi connectivity index (χ4n) is 2.46. The van der Waals surface area contributed by atoms with Crippen molar-refractivity contribution in [2.45, 2.75) is 29.4 Å². The van der Waals surface area contributed by atoms with Crippen molar-refractivity contribution in [3.05, 3.63) is 65.7 Å². The van der Waals surface area contributed by atoms with Crippen LogP contribution in [-0.2, 0) is 12.8 Å². The van der Waals surface area contributed by atoms with Gasteiger partial charge in [-0.25, -0.2) is 0 Å². The first-order valence-corrected chi connectivity index (χ1v) is 7.08. The normalized spacial score (nSPS) is 18.7. The van der Waals surface area contributed by atoms with Gasteiger partial charge in [0, 0.05) is 10.1 Å². The Balaban J connectivity index is 1.72. The Labute approximate surface area is 107 Å².